The molecule has 1 amide bonds. The summed E-state index contributed by atoms with van der Waals surface area (Å²) in [6, 6.07) is 9.56. The summed E-state index contributed by atoms with van der Waals surface area (Å²) >= 11 is 20.3. The number of anilines is 1. The number of carbonyl (C=O) groups is 1. The highest BCUT2D eigenvalue weighted by atomic mass is 35.5. The molecule has 0 bridgehead atoms. The molecule has 2 heterocycles. The van der Waals surface area contributed by atoms with Gasteiger partial charge in [-0.3, -0.25) is 9.78 Å². The Labute approximate surface area is 252 Å². The zero-order valence-electron chi connectivity index (χ0n) is 22.8. The minimum atomic E-state index is -0.271. The standard InChI is InChI=1S/C30H37Cl3N4OS/c1-5-22(17-23(31)6-2)20-37(24-7-9-26(39-4)10-8-24)25-12-15-36(16-13-25)21(3)11-14-35-30(38)29-27(32)18-34-19-28(29)33/h5-10,17-19,21,25H,2,11-16,20H2,1,3-4H3,(H,35,38)/b22-5+,23-17+. The fraction of sp³-hybridized carbons (Fsp3) is 0.400. The molecule has 1 aliphatic rings. The van der Waals surface area contributed by atoms with Crippen LogP contribution in [0.4, 0.5) is 5.69 Å². The van der Waals surface area contributed by atoms with Crippen molar-refractivity contribution in [3.8, 4) is 0 Å². The van der Waals surface area contributed by atoms with Crippen molar-refractivity contribution in [3.05, 3.63) is 87.7 Å². The number of hydrogen-bond acceptors (Lipinski definition) is 5. The van der Waals surface area contributed by atoms with E-state index in [4.69, 9.17) is 34.8 Å². The summed E-state index contributed by atoms with van der Waals surface area (Å²) in [5.74, 6) is -0.271. The predicted octanol–water partition coefficient (Wildman–Crippen LogP) is 7.84. The van der Waals surface area contributed by atoms with Crippen molar-refractivity contribution in [2.24, 2.45) is 0 Å². The molecule has 39 heavy (non-hydrogen) atoms. The van der Waals surface area contributed by atoms with Crippen LogP contribution in [-0.4, -0.2) is 60.3 Å². The van der Waals surface area contributed by atoms with Crippen molar-refractivity contribution in [2.75, 3.05) is 37.3 Å². The van der Waals surface area contributed by atoms with Gasteiger partial charge in [0.15, 0.2) is 0 Å². The molecule has 1 aromatic heterocycles. The van der Waals surface area contributed by atoms with Gasteiger partial charge in [0.1, 0.15) is 0 Å². The summed E-state index contributed by atoms with van der Waals surface area (Å²) in [5, 5.41) is 4.11. The summed E-state index contributed by atoms with van der Waals surface area (Å²) < 4.78 is 0. The molecule has 1 atom stereocenters. The van der Waals surface area contributed by atoms with E-state index in [-0.39, 0.29) is 21.5 Å². The van der Waals surface area contributed by atoms with Gasteiger partial charge in [0.25, 0.3) is 5.91 Å². The number of pyridine rings is 1. The molecule has 5 nitrogen and oxygen atoms in total. The zero-order valence-corrected chi connectivity index (χ0v) is 25.9. The zero-order chi connectivity index (χ0) is 28.4. The molecule has 1 aromatic carbocycles. The van der Waals surface area contributed by atoms with Gasteiger partial charge in [-0.05, 0) is 75.3 Å². The third kappa shape index (κ3) is 9.02. The highest BCUT2D eigenvalue weighted by molar-refractivity contribution is 7.98. The first kappa shape index (κ1) is 31.6. The number of halogens is 3. The monoisotopic (exact) mass is 606 g/mol. The molecule has 0 aliphatic carbocycles. The number of nitrogens with one attached hydrogen (secondary N) is 1. The summed E-state index contributed by atoms with van der Waals surface area (Å²) in [6.07, 6.45) is 13.7. The van der Waals surface area contributed by atoms with Gasteiger partial charge in [0.2, 0.25) is 0 Å². The second kappa shape index (κ2) is 15.7. The number of aromatic nitrogens is 1. The fourth-order valence-corrected chi connectivity index (χ4v) is 5.87. The fourth-order valence-electron chi connectivity index (χ4n) is 4.79. The maximum atomic E-state index is 12.6. The van der Waals surface area contributed by atoms with Gasteiger partial charge in [0, 0.05) is 66.3 Å². The first-order chi connectivity index (χ1) is 18.8. The molecular weight excluding hydrogens is 571 g/mol. The molecule has 3 rings (SSSR count). The molecule has 0 radical (unpaired) electrons. The van der Waals surface area contributed by atoms with Crippen LogP contribution in [-0.2, 0) is 0 Å². The predicted molar refractivity (Wildman–Crippen MR) is 169 cm³/mol. The number of piperidine rings is 1. The molecular formula is C30H37Cl3N4OS. The number of hydrogen-bond donors (Lipinski definition) is 1. The Morgan fingerprint density at radius 2 is 1.87 bits per heavy atom. The summed E-state index contributed by atoms with van der Waals surface area (Å²) in [5.41, 5.74) is 2.66. The number of benzene rings is 1. The third-order valence-electron chi connectivity index (χ3n) is 7.14. The van der Waals surface area contributed by atoms with Gasteiger partial charge in [0.05, 0.1) is 15.6 Å². The van der Waals surface area contributed by atoms with Gasteiger partial charge in [-0.2, -0.15) is 0 Å². The number of rotatable bonds is 12. The van der Waals surface area contributed by atoms with Gasteiger partial charge in [-0.15, -0.1) is 11.8 Å². The van der Waals surface area contributed by atoms with E-state index in [1.165, 1.54) is 23.0 Å². The van der Waals surface area contributed by atoms with E-state index in [1.807, 2.05) is 13.0 Å². The Balaban J connectivity index is 1.60. The van der Waals surface area contributed by atoms with Gasteiger partial charge < -0.3 is 15.1 Å². The smallest absolute Gasteiger partial charge is 0.254 e. The first-order valence-electron chi connectivity index (χ1n) is 13.1. The number of likely N-dealkylation sites (tertiary alicyclic amines) is 1. The SMILES string of the molecule is C=C/C(Cl)=C\C(=C/C)CN(c1ccc(SC)cc1)C1CCN(C(C)CCNC(=O)c2c(Cl)cncc2Cl)CC1. The molecule has 210 valence electrons. The van der Waals surface area contributed by atoms with Crippen LogP contribution >= 0.6 is 46.6 Å². The van der Waals surface area contributed by atoms with Gasteiger partial charge >= 0.3 is 0 Å². The highest BCUT2D eigenvalue weighted by Crippen LogP contribution is 2.29. The lowest BCUT2D eigenvalue weighted by Gasteiger charge is -2.42. The highest BCUT2D eigenvalue weighted by Gasteiger charge is 2.27. The number of thioether (sulfide) groups is 1. The van der Waals surface area contributed by atoms with Crippen molar-refractivity contribution in [1.82, 2.24) is 15.2 Å². The van der Waals surface area contributed by atoms with Gasteiger partial charge in [-0.25, -0.2) is 0 Å². The number of allylic oxidation sites excluding steroid dienone is 3. The Bertz CT molecular complexity index is 1160. The lowest BCUT2D eigenvalue weighted by Crippen LogP contribution is -2.48. The van der Waals surface area contributed by atoms with E-state index in [0.717, 1.165) is 44.5 Å². The van der Waals surface area contributed by atoms with Crippen LogP contribution in [0.15, 0.2) is 77.0 Å². The van der Waals surface area contributed by atoms with Crippen LogP contribution in [0.25, 0.3) is 0 Å². The van der Waals surface area contributed by atoms with Crippen molar-refractivity contribution in [3.63, 3.8) is 0 Å². The molecule has 1 N–H and O–H groups in total. The molecule has 1 fully saturated rings. The largest absolute Gasteiger partial charge is 0.364 e. The van der Waals surface area contributed by atoms with E-state index in [1.54, 1.807) is 17.8 Å². The van der Waals surface area contributed by atoms with Crippen molar-refractivity contribution < 1.29 is 4.79 Å². The molecule has 1 saturated heterocycles. The Hall–Kier alpha value is -1.96. The average molecular weight is 608 g/mol. The summed E-state index contributed by atoms with van der Waals surface area (Å²) in [4.78, 5) is 22.8. The van der Waals surface area contributed by atoms with E-state index in [9.17, 15) is 4.79 Å². The quantitative estimate of drug-likeness (QED) is 0.197. The first-order valence-corrected chi connectivity index (χ1v) is 15.5. The Morgan fingerprint density at radius 1 is 1.23 bits per heavy atom. The van der Waals surface area contributed by atoms with Crippen LogP contribution < -0.4 is 10.2 Å². The normalized spacial score (nSPS) is 16.2. The van der Waals surface area contributed by atoms with Crippen LogP contribution in [0.3, 0.4) is 0 Å². The number of nitrogens with zero attached hydrogens (tertiary/aromatic N) is 3. The van der Waals surface area contributed by atoms with Gasteiger partial charge in [-0.1, -0.05) is 53.5 Å². The topological polar surface area (TPSA) is 48.5 Å². The maximum absolute atomic E-state index is 12.6. The summed E-state index contributed by atoms with van der Waals surface area (Å²) in [6.45, 7) is 11.4. The molecule has 9 heteroatoms. The Kier molecular flexibility index (Phi) is 12.7. The second-order valence-electron chi connectivity index (χ2n) is 9.56. The minimum Gasteiger partial charge on any atom is -0.364 e. The van der Waals surface area contributed by atoms with Crippen molar-refractivity contribution in [2.45, 2.75) is 50.1 Å². The Morgan fingerprint density at radius 3 is 2.44 bits per heavy atom. The average Bonchev–Trinajstić information content (AvgIpc) is 2.95. The number of carbonyl (C=O) groups excluding carboxylic acids is 1. The lowest BCUT2D eigenvalue weighted by atomic mass is 9.99. The van der Waals surface area contributed by atoms with Crippen LogP contribution in [0.1, 0.15) is 43.5 Å². The molecule has 1 unspecified atom stereocenters. The molecule has 0 spiro atoms. The van der Waals surface area contributed by atoms with Crippen molar-refractivity contribution in [1.29, 1.82) is 0 Å². The lowest BCUT2D eigenvalue weighted by molar-refractivity contribution is 0.0945. The molecule has 2 aromatic rings. The maximum Gasteiger partial charge on any atom is 0.254 e. The van der Waals surface area contributed by atoms with Crippen molar-refractivity contribution >= 4 is 58.2 Å². The minimum absolute atomic E-state index is 0.256. The number of amides is 1. The van der Waals surface area contributed by atoms with E-state index < -0.39 is 0 Å². The van der Waals surface area contributed by atoms with E-state index in [0.29, 0.717) is 23.7 Å². The van der Waals surface area contributed by atoms with E-state index in [2.05, 4.69) is 70.2 Å². The second-order valence-corrected chi connectivity index (χ2v) is 11.7. The summed E-state index contributed by atoms with van der Waals surface area (Å²) in [7, 11) is 0. The third-order valence-corrected chi connectivity index (χ3v) is 8.72. The van der Waals surface area contributed by atoms with E-state index >= 15 is 0 Å². The van der Waals surface area contributed by atoms with Crippen LogP contribution in [0.2, 0.25) is 10.0 Å². The molecule has 0 saturated carbocycles. The van der Waals surface area contributed by atoms with Crippen LogP contribution in [0.5, 0.6) is 0 Å². The molecule has 1 aliphatic heterocycles. The van der Waals surface area contributed by atoms with Crippen LogP contribution in [0, 0.1) is 0 Å².